The molecule has 0 radical (unpaired) electrons. The van der Waals surface area contributed by atoms with Crippen molar-refractivity contribution < 1.29 is 9.59 Å². The van der Waals surface area contributed by atoms with Gasteiger partial charge in [0, 0.05) is 29.1 Å². The lowest BCUT2D eigenvalue weighted by Gasteiger charge is -2.23. The molecular weight excluding hydrogens is 299 g/mol. The van der Waals surface area contributed by atoms with Gasteiger partial charge in [0.25, 0.3) is 0 Å². The minimum Gasteiger partial charge on any atom is -0.354 e. The van der Waals surface area contributed by atoms with Gasteiger partial charge in [-0.3, -0.25) is 9.59 Å². The molecule has 2 amide bonds. The SMILES string of the molecule is O=C(Cc1cc(Cl)cc(Cl)c1)NC[C@H]1CCCC(=O)N1. The number of benzene rings is 1. The van der Waals surface area contributed by atoms with Gasteiger partial charge in [-0.2, -0.15) is 0 Å². The first-order valence-corrected chi connectivity index (χ1v) is 7.29. The summed E-state index contributed by atoms with van der Waals surface area (Å²) in [6, 6.07) is 5.09. The second-order valence-electron chi connectivity index (χ2n) is 4.92. The number of nitrogens with one attached hydrogen (secondary N) is 2. The van der Waals surface area contributed by atoms with Crippen LogP contribution in [0.2, 0.25) is 10.0 Å². The Labute approximate surface area is 127 Å². The van der Waals surface area contributed by atoms with E-state index in [1.165, 1.54) is 0 Å². The molecule has 0 aliphatic carbocycles. The van der Waals surface area contributed by atoms with Gasteiger partial charge in [-0.1, -0.05) is 23.2 Å². The lowest BCUT2D eigenvalue weighted by Crippen LogP contribution is -2.46. The Morgan fingerprint density at radius 3 is 2.65 bits per heavy atom. The molecule has 1 aliphatic heterocycles. The predicted octanol–water partition coefficient (Wildman–Crippen LogP) is 2.32. The third-order valence-electron chi connectivity index (χ3n) is 3.15. The Bertz CT molecular complexity index is 500. The lowest BCUT2D eigenvalue weighted by atomic mass is 10.0. The highest BCUT2D eigenvalue weighted by atomic mass is 35.5. The highest BCUT2D eigenvalue weighted by molar-refractivity contribution is 6.34. The largest absolute Gasteiger partial charge is 0.354 e. The number of carbonyl (C=O) groups is 2. The molecule has 0 saturated carbocycles. The average Bonchev–Trinajstić information content (AvgIpc) is 2.35. The minimum atomic E-state index is -0.108. The van der Waals surface area contributed by atoms with Crippen LogP contribution in [-0.4, -0.2) is 24.4 Å². The van der Waals surface area contributed by atoms with Crippen LogP contribution < -0.4 is 10.6 Å². The molecule has 0 unspecified atom stereocenters. The molecule has 2 N–H and O–H groups in total. The third-order valence-corrected chi connectivity index (χ3v) is 3.59. The number of halogens is 2. The van der Waals surface area contributed by atoms with Crippen LogP contribution in [0.4, 0.5) is 0 Å². The number of amides is 2. The zero-order valence-electron chi connectivity index (χ0n) is 10.9. The van der Waals surface area contributed by atoms with Crippen LogP contribution in [0.5, 0.6) is 0 Å². The van der Waals surface area contributed by atoms with Crippen LogP contribution in [0, 0.1) is 0 Å². The highest BCUT2D eigenvalue weighted by Gasteiger charge is 2.18. The Hall–Kier alpha value is -1.26. The summed E-state index contributed by atoms with van der Waals surface area (Å²) in [4.78, 5) is 23.1. The normalized spacial score (nSPS) is 18.5. The molecule has 1 saturated heterocycles. The molecule has 0 bridgehead atoms. The molecule has 1 aromatic carbocycles. The van der Waals surface area contributed by atoms with Gasteiger partial charge in [-0.05, 0) is 36.6 Å². The standard InChI is InChI=1S/C14H16Cl2N2O2/c15-10-4-9(5-11(16)7-10)6-14(20)17-8-12-2-1-3-13(19)18-12/h4-5,7,12H,1-3,6,8H2,(H,17,20)(H,18,19)/t12-/m1/s1. The second kappa shape index (κ2) is 6.95. The van der Waals surface area contributed by atoms with Crippen LogP contribution in [-0.2, 0) is 16.0 Å². The first kappa shape index (κ1) is 15.1. The zero-order valence-corrected chi connectivity index (χ0v) is 12.4. The summed E-state index contributed by atoms with van der Waals surface area (Å²) in [6.07, 6.45) is 2.57. The summed E-state index contributed by atoms with van der Waals surface area (Å²) in [7, 11) is 0. The second-order valence-corrected chi connectivity index (χ2v) is 5.79. The molecule has 108 valence electrons. The van der Waals surface area contributed by atoms with Crippen LogP contribution in [0.3, 0.4) is 0 Å². The molecule has 0 aromatic heterocycles. The molecule has 1 aliphatic rings. The van der Waals surface area contributed by atoms with E-state index in [0.717, 1.165) is 18.4 Å². The van der Waals surface area contributed by atoms with Crippen LogP contribution in [0.1, 0.15) is 24.8 Å². The summed E-state index contributed by atoms with van der Waals surface area (Å²) < 4.78 is 0. The van der Waals surface area contributed by atoms with Gasteiger partial charge < -0.3 is 10.6 Å². The highest BCUT2D eigenvalue weighted by Crippen LogP contribution is 2.19. The van der Waals surface area contributed by atoms with Crippen molar-refractivity contribution in [1.82, 2.24) is 10.6 Å². The van der Waals surface area contributed by atoms with Gasteiger partial charge in [-0.25, -0.2) is 0 Å². The Morgan fingerprint density at radius 2 is 2.00 bits per heavy atom. The van der Waals surface area contributed by atoms with E-state index in [0.29, 0.717) is 23.0 Å². The van der Waals surface area contributed by atoms with E-state index in [9.17, 15) is 9.59 Å². The molecule has 20 heavy (non-hydrogen) atoms. The number of hydrogen-bond donors (Lipinski definition) is 2. The predicted molar refractivity (Wildman–Crippen MR) is 79.0 cm³/mol. The fraction of sp³-hybridized carbons (Fsp3) is 0.429. The van der Waals surface area contributed by atoms with Gasteiger partial charge in [0.1, 0.15) is 0 Å². The Balaban J connectivity index is 1.81. The van der Waals surface area contributed by atoms with E-state index >= 15 is 0 Å². The van der Waals surface area contributed by atoms with E-state index in [-0.39, 0.29) is 24.3 Å². The lowest BCUT2D eigenvalue weighted by molar-refractivity contribution is -0.124. The zero-order chi connectivity index (χ0) is 14.5. The van der Waals surface area contributed by atoms with Crippen molar-refractivity contribution in [3.8, 4) is 0 Å². The fourth-order valence-electron chi connectivity index (χ4n) is 2.23. The van der Waals surface area contributed by atoms with Crippen molar-refractivity contribution in [3.63, 3.8) is 0 Å². The molecular formula is C14H16Cl2N2O2. The maximum absolute atomic E-state index is 11.8. The maximum Gasteiger partial charge on any atom is 0.224 e. The van der Waals surface area contributed by atoms with Gasteiger partial charge >= 0.3 is 0 Å². The van der Waals surface area contributed by atoms with E-state index in [4.69, 9.17) is 23.2 Å². The number of carbonyl (C=O) groups excluding carboxylic acids is 2. The summed E-state index contributed by atoms with van der Waals surface area (Å²) in [5.41, 5.74) is 0.771. The average molecular weight is 315 g/mol. The monoisotopic (exact) mass is 314 g/mol. The van der Waals surface area contributed by atoms with Gasteiger partial charge in [0.15, 0.2) is 0 Å². The van der Waals surface area contributed by atoms with Crippen LogP contribution in [0.15, 0.2) is 18.2 Å². The number of hydrogen-bond acceptors (Lipinski definition) is 2. The number of piperidine rings is 1. The van der Waals surface area contributed by atoms with Crippen molar-refractivity contribution in [2.24, 2.45) is 0 Å². The molecule has 4 nitrogen and oxygen atoms in total. The first-order chi connectivity index (χ1) is 9.52. The molecule has 1 atom stereocenters. The third kappa shape index (κ3) is 4.69. The van der Waals surface area contributed by atoms with Crippen molar-refractivity contribution in [2.45, 2.75) is 31.7 Å². The molecule has 0 spiro atoms. The number of rotatable bonds is 4. The van der Waals surface area contributed by atoms with Crippen molar-refractivity contribution in [2.75, 3.05) is 6.54 Å². The molecule has 6 heteroatoms. The van der Waals surface area contributed by atoms with Crippen molar-refractivity contribution in [1.29, 1.82) is 0 Å². The molecule has 2 rings (SSSR count). The molecule has 1 fully saturated rings. The topological polar surface area (TPSA) is 58.2 Å². The van der Waals surface area contributed by atoms with E-state index in [1.807, 2.05) is 0 Å². The first-order valence-electron chi connectivity index (χ1n) is 6.54. The van der Waals surface area contributed by atoms with Gasteiger partial charge in [0.05, 0.1) is 6.42 Å². The summed E-state index contributed by atoms with van der Waals surface area (Å²) in [5, 5.41) is 6.71. The summed E-state index contributed by atoms with van der Waals surface area (Å²) >= 11 is 11.8. The Kier molecular flexibility index (Phi) is 5.26. The summed E-state index contributed by atoms with van der Waals surface area (Å²) in [6.45, 7) is 0.457. The van der Waals surface area contributed by atoms with E-state index in [1.54, 1.807) is 18.2 Å². The van der Waals surface area contributed by atoms with Crippen LogP contribution in [0.25, 0.3) is 0 Å². The quantitative estimate of drug-likeness (QED) is 0.896. The van der Waals surface area contributed by atoms with Crippen molar-refractivity contribution in [3.05, 3.63) is 33.8 Å². The van der Waals surface area contributed by atoms with Crippen molar-refractivity contribution >= 4 is 35.0 Å². The maximum atomic E-state index is 11.8. The van der Waals surface area contributed by atoms with E-state index < -0.39 is 0 Å². The van der Waals surface area contributed by atoms with Gasteiger partial charge in [-0.15, -0.1) is 0 Å². The molecule has 1 aromatic rings. The fourth-order valence-corrected chi connectivity index (χ4v) is 2.80. The van der Waals surface area contributed by atoms with E-state index in [2.05, 4.69) is 10.6 Å². The molecule has 1 heterocycles. The van der Waals surface area contributed by atoms with Crippen LogP contribution >= 0.6 is 23.2 Å². The Morgan fingerprint density at radius 1 is 1.30 bits per heavy atom. The summed E-state index contributed by atoms with van der Waals surface area (Å²) in [5.74, 6) is -0.0553. The minimum absolute atomic E-state index is 0.0307. The van der Waals surface area contributed by atoms with Gasteiger partial charge in [0.2, 0.25) is 11.8 Å². The smallest absolute Gasteiger partial charge is 0.224 e.